The molecule has 7 aromatic rings. The number of aromatic nitrogens is 1. The fourth-order valence-corrected chi connectivity index (χ4v) is 9.39. The van der Waals surface area contributed by atoms with Crippen molar-refractivity contribution in [1.29, 1.82) is 5.26 Å². The van der Waals surface area contributed by atoms with Crippen LogP contribution in [-0.2, 0) is 4.57 Å². The molecule has 0 atom stereocenters. The monoisotopic (exact) mass is 562 g/mol. The molecule has 2 heterocycles. The Bertz CT molecular complexity index is 2070. The lowest BCUT2D eigenvalue weighted by Gasteiger charge is -2.20. The summed E-state index contributed by atoms with van der Waals surface area (Å²) in [4.78, 5) is 5.91. The number of fused-ring (bicyclic) bond motifs is 3. The molecule has 0 radical (unpaired) electrons. The standard InChI is InChI=1S/C36H23N2OPS/c37-24-31-33-34(25-12-4-1-5-13-25)38-32-19-11-10-18-30(32)36(33)41-35(31)26-20-22-29(23-21-26)40(39,27-14-6-2-7-15-27)28-16-8-3-9-17-28/h1-23H. The fraction of sp³-hybridized carbons (Fsp3) is 0. The molecule has 0 spiro atoms. The van der Waals surface area contributed by atoms with Crippen LogP contribution in [0.15, 0.2) is 140 Å². The third-order valence-corrected chi connectivity index (χ3v) is 11.8. The van der Waals surface area contributed by atoms with Crippen LogP contribution in [0.4, 0.5) is 0 Å². The van der Waals surface area contributed by atoms with Crippen molar-refractivity contribution in [2.24, 2.45) is 0 Å². The highest BCUT2D eigenvalue weighted by Gasteiger charge is 2.30. The van der Waals surface area contributed by atoms with Gasteiger partial charge in [-0.1, -0.05) is 133 Å². The second-order valence-electron chi connectivity index (χ2n) is 9.79. The first-order chi connectivity index (χ1) is 20.2. The summed E-state index contributed by atoms with van der Waals surface area (Å²) in [5.74, 6) is 0. The van der Waals surface area contributed by atoms with Gasteiger partial charge in [-0.3, -0.25) is 0 Å². The van der Waals surface area contributed by atoms with Crippen LogP contribution in [0.25, 0.3) is 42.7 Å². The van der Waals surface area contributed by atoms with E-state index >= 15 is 0 Å². The summed E-state index contributed by atoms with van der Waals surface area (Å²) < 4.78 is 15.9. The molecular formula is C36H23N2OPS. The van der Waals surface area contributed by atoms with E-state index in [1.807, 2.05) is 133 Å². The normalized spacial score (nSPS) is 11.5. The van der Waals surface area contributed by atoms with Gasteiger partial charge in [-0.2, -0.15) is 5.26 Å². The Kier molecular flexibility index (Phi) is 6.33. The second kappa shape index (κ2) is 10.3. The van der Waals surface area contributed by atoms with Gasteiger partial charge in [-0.25, -0.2) is 4.98 Å². The van der Waals surface area contributed by atoms with Crippen LogP contribution in [0, 0.1) is 11.3 Å². The predicted octanol–water partition coefficient (Wildman–Crippen LogP) is 8.29. The summed E-state index contributed by atoms with van der Waals surface area (Å²) in [7, 11) is -3.09. The van der Waals surface area contributed by atoms with Crippen molar-refractivity contribution in [3.05, 3.63) is 145 Å². The highest BCUT2D eigenvalue weighted by Crippen LogP contribution is 2.46. The van der Waals surface area contributed by atoms with Gasteiger partial charge in [0.1, 0.15) is 6.07 Å². The number of benzene rings is 5. The molecule has 0 amide bonds. The van der Waals surface area contributed by atoms with Crippen molar-refractivity contribution in [3.63, 3.8) is 0 Å². The Labute approximate surface area is 242 Å². The molecule has 0 N–H and O–H groups in total. The van der Waals surface area contributed by atoms with E-state index in [0.29, 0.717) is 5.56 Å². The number of para-hydroxylation sites is 1. The smallest absolute Gasteiger partial charge is 0.171 e. The molecule has 0 saturated heterocycles. The number of nitriles is 1. The number of rotatable bonds is 5. The molecule has 194 valence electrons. The maximum Gasteiger partial charge on any atom is 0.171 e. The summed E-state index contributed by atoms with van der Waals surface area (Å²) in [5.41, 5.74) is 4.23. The van der Waals surface area contributed by atoms with E-state index in [0.717, 1.165) is 58.6 Å². The third-order valence-electron chi connectivity index (χ3n) is 7.42. The van der Waals surface area contributed by atoms with Gasteiger partial charge in [-0.15, -0.1) is 11.3 Å². The molecule has 0 unspecified atom stereocenters. The molecule has 0 bridgehead atoms. The van der Waals surface area contributed by atoms with Crippen LogP contribution in [-0.4, -0.2) is 4.98 Å². The molecule has 5 heteroatoms. The van der Waals surface area contributed by atoms with Crippen LogP contribution in [0.2, 0.25) is 0 Å². The zero-order valence-corrected chi connectivity index (χ0v) is 23.6. The SMILES string of the molecule is N#Cc1c(-c2ccc(P(=O)(c3ccccc3)c3ccccc3)cc2)sc2c1c(-c1ccccc1)nc1ccccc12. The number of thiophene rings is 1. The molecule has 5 aromatic carbocycles. The van der Waals surface area contributed by atoms with E-state index in [1.165, 1.54) is 0 Å². The van der Waals surface area contributed by atoms with Crippen molar-refractivity contribution < 1.29 is 4.57 Å². The van der Waals surface area contributed by atoms with Gasteiger partial charge < -0.3 is 4.57 Å². The summed E-state index contributed by atoms with van der Waals surface area (Å²) in [6.45, 7) is 0. The van der Waals surface area contributed by atoms with Crippen molar-refractivity contribution in [2.75, 3.05) is 0 Å². The van der Waals surface area contributed by atoms with E-state index in [4.69, 9.17) is 4.98 Å². The predicted molar refractivity (Wildman–Crippen MR) is 172 cm³/mol. The molecule has 0 saturated carbocycles. The van der Waals surface area contributed by atoms with E-state index in [2.05, 4.69) is 12.1 Å². The number of pyridine rings is 1. The van der Waals surface area contributed by atoms with Gasteiger partial charge in [-0.05, 0) is 11.6 Å². The second-order valence-corrected chi connectivity index (χ2v) is 13.6. The molecule has 2 aromatic heterocycles. The highest BCUT2D eigenvalue weighted by molar-refractivity contribution is 7.85. The zero-order chi connectivity index (χ0) is 27.8. The van der Waals surface area contributed by atoms with Crippen molar-refractivity contribution in [2.45, 2.75) is 0 Å². The van der Waals surface area contributed by atoms with Gasteiger partial charge in [0.15, 0.2) is 7.14 Å². The van der Waals surface area contributed by atoms with Gasteiger partial charge in [0.2, 0.25) is 0 Å². The summed E-state index contributed by atoms with van der Waals surface area (Å²) in [6.07, 6.45) is 0. The minimum absolute atomic E-state index is 0.615. The van der Waals surface area contributed by atoms with Crippen molar-refractivity contribution in [1.82, 2.24) is 4.98 Å². The maximum absolute atomic E-state index is 14.8. The first kappa shape index (κ1) is 25.2. The van der Waals surface area contributed by atoms with Gasteiger partial charge in [0.25, 0.3) is 0 Å². The maximum atomic E-state index is 14.8. The molecule has 0 aliphatic heterocycles. The highest BCUT2D eigenvalue weighted by atomic mass is 32.1. The Morgan fingerprint density at radius 3 is 1.76 bits per heavy atom. The first-order valence-electron chi connectivity index (χ1n) is 13.3. The lowest BCUT2D eigenvalue weighted by molar-refractivity contribution is 0.592. The molecule has 0 aliphatic rings. The Balaban J connectivity index is 1.43. The average Bonchev–Trinajstić information content (AvgIpc) is 3.45. The van der Waals surface area contributed by atoms with E-state index < -0.39 is 7.14 Å². The molecule has 0 fully saturated rings. The summed E-state index contributed by atoms with van der Waals surface area (Å²) in [6, 6.07) is 47.9. The lowest BCUT2D eigenvalue weighted by Crippen LogP contribution is -2.24. The lowest BCUT2D eigenvalue weighted by atomic mass is 10.0. The van der Waals surface area contributed by atoms with Crippen LogP contribution in [0.3, 0.4) is 0 Å². The van der Waals surface area contributed by atoms with Crippen LogP contribution in [0.5, 0.6) is 0 Å². The van der Waals surface area contributed by atoms with Gasteiger partial charge >= 0.3 is 0 Å². The topological polar surface area (TPSA) is 53.8 Å². The molecule has 3 nitrogen and oxygen atoms in total. The average molecular weight is 563 g/mol. The van der Waals surface area contributed by atoms with Crippen molar-refractivity contribution >= 4 is 55.4 Å². The zero-order valence-electron chi connectivity index (χ0n) is 21.9. The molecule has 41 heavy (non-hydrogen) atoms. The largest absolute Gasteiger partial charge is 0.309 e. The summed E-state index contributed by atoms with van der Waals surface area (Å²) in [5, 5.41) is 14.7. The number of hydrogen-bond acceptors (Lipinski definition) is 4. The fourth-order valence-electron chi connectivity index (χ4n) is 5.45. The van der Waals surface area contributed by atoms with E-state index in [-0.39, 0.29) is 0 Å². The molecule has 7 rings (SSSR count). The minimum atomic E-state index is -3.09. The third kappa shape index (κ3) is 4.19. The quantitative estimate of drug-likeness (QED) is 0.198. The van der Waals surface area contributed by atoms with Crippen molar-refractivity contribution in [3.8, 4) is 27.8 Å². The molecular weight excluding hydrogens is 539 g/mol. The number of hydrogen-bond donors (Lipinski definition) is 0. The van der Waals surface area contributed by atoms with Crippen LogP contribution in [0.1, 0.15) is 5.56 Å². The van der Waals surface area contributed by atoms with E-state index in [9.17, 15) is 9.83 Å². The van der Waals surface area contributed by atoms with Crippen LogP contribution >= 0.6 is 18.5 Å². The Morgan fingerprint density at radius 2 is 1.15 bits per heavy atom. The molecule has 0 aliphatic carbocycles. The summed E-state index contributed by atoms with van der Waals surface area (Å²) >= 11 is 1.61. The van der Waals surface area contributed by atoms with Gasteiger partial charge in [0, 0.05) is 36.9 Å². The first-order valence-corrected chi connectivity index (χ1v) is 15.8. The Hall–Kier alpha value is -4.81. The minimum Gasteiger partial charge on any atom is -0.309 e. The van der Waals surface area contributed by atoms with Crippen LogP contribution < -0.4 is 15.9 Å². The Morgan fingerprint density at radius 1 is 0.610 bits per heavy atom. The van der Waals surface area contributed by atoms with Gasteiger partial charge in [0.05, 0.1) is 21.7 Å². The number of nitrogens with zero attached hydrogens (tertiary/aromatic N) is 2. The van der Waals surface area contributed by atoms with E-state index in [1.54, 1.807) is 11.3 Å².